The number of nitrogens with one attached hydrogen (secondary N) is 1. The number of hydrogen-bond donors (Lipinski definition) is 2. The van der Waals surface area contributed by atoms with Gasteiger partial charge in [0.25, 0.3) is 5.91 Å². The van der Waals surface area contributed by atoms with Gasteiger partial charge in [0.15, 0.2) is 6.10 Å². The standard InChI is InChI=1S/C13H19ClN2O2/c1-4-5-11(13(17)16-15)18-12-9(3)6-8(2)7-10(12)14/h6-7,11H,4-5,15H2,1-3H3,(H,16,17). The Hall–Kier alpha value is -1.26. The Morgan fingerprint density at radius 2 is 2.17 bits per heavy atom. The second-order valence-electron chi connectivity index (χ2n) is 4.30. The lowest BCUT2D eigenvalue weighted by molar-refractivity contribution is -0.128. The number of aryl methyl sites for hydroxylation is 2. The van der Waals surface area contributed by atoms with Gasteiger partial charge in [0, 0.05) is 0 Å². The van der Waals surface area contributed by atoms with Crippen LogP contribution in [-0.2, 0) is 4.79 Å². The number of rotatable bonds is 5. The number of hydrogen-bond acceptors (Lipinski definition) is 3. The first-order valence-corrected chi connectivity index (χ1v) is 6.31. The van der Waals surface area contributed by atoms with Crippen LogP contribution in [0, 0.1) is 13.8 Å². The lowest BCUT2D eigenvalue weighted by atomic mass is 10.1. The van der Waals surface area contributed by atoms with Gasteiger partial charge in [0.2, 0.25) is 0 Å². The van der Waals surface area contributed by atoms with Crippen molar-refractivity contribution in [3.05, 3.63) is 28.3 Å². The monoisotopic (exact) mass is 270 g/mol. The van der Waals surface area contributed by atoms with E-state index < -0.39 is 6.10 Å². The third-order valence-electron chi connectivity index (χ3n) is 2.62. The molecule has 0 saturated carbocycles. The molecule has 0 heterocycles. The predicted octanol–water partition coefficient (Wildman–Crippen LogP) is 2.49. The molecule has 1 atom stereocenters. The molecule has 18 heavy (non-hydrogen) atoms. The Morgan fingerprint density at radius 1 is 1.50 bits per heavy atom. The van der Waals surface area contributed by atoms with E-state index in [-0.39, 0.29) is 5.91 Å². The second-order valence-corrected chi connectivity index (χ2v) is 4.70. The van der Waals surface area contributed by atoms with Crippen molar-refractivity contribution in [2.75, 3.05) is 0 Å². The van der Waals surface area contributed by atoms with Crippen LogP contribution in [0.1, 0.15) is 30.9 Å². The molecule has 1 aromatic carbocycles. The summed E-state index contributed by atoms with van der Waals surface area (Å²) in [5, 5.41) is 0.512. The molecule has 100 valence electrons. The summed E-state index contributed by atoms with van der Waals surface area (Å²) in [6, 6.07) is 3.78. The third-order valence-corrected chi connectivity index (χ3v) is 2.90. The molecule has 1 aromatic rings. The van der Waals surface area contributed by atoms with Crippen LogP contribution in [0.5, 0.6) is 5.75 Å². The molecule has 0 aliphatic rings. The molecule has 0 spiro atoms. The van der Waals surface area contributed by atoms with E-state index in [4.69, 9.17) is 22.2 Å². The smallest absolute Gasteiger partial charge is 0.274 e. The zero-order valence-corrected chi connectivity index (χ0v) is 11.7. The van der Waals surface area contributed by atoms with Crippen molar-refractivity contribution < 1.29 is 9.53 Å². The van der Waals surface area contributed by atoms with Crippen LogP contribution < -0.4 is 16.0 Å². The summed E-state index contributed by atoms with van der Waals surface area (Å²) in [4.78, 5) is 11.6. The first kappa shape index (κ1) is 14.8. The minimum atomic E-state index is -0.612. The van der Waals surface area contributed by atoms with E-state index in [1.165, 1.54) is 0 Å². The van der Waals surface area contributed by atoms with E-state index in [1.54, 1.807) is 0 Å². The molecule has 1 unspecified atom stereocenters. The average molecular weight is 271 g/mol. The zero-order valence-electron chi connectivity index (χ0n) is 10.9. The summed E-state index contributed by atoms with van der Waals surface area (Å²) < 4.78 is 5.70. The molecule has 0 bridgehead atoms. The van der Waals surface area contributed by atoms with Crippen molar-refractivity contribution in [1.29, 1.82) is 0 Å². The fourth-order valence-electron chi connectivity index (χ4n) is 1.79. The highest BCUT2D eigenvalue weighted by molar-refractivity contribution is 6.32. The molecule has 1 rings (SSSR count). The van der Waals surface area contributed by atoms with Crippen LogP contribution in [-0.4, -0.2) is 12.0 Å². The second kappa shape index (κ2) is 6.61. The van der Waals surface area contributed by atoms with Crippen LogP contribution in [0.2, 0.25) is 5.02 Å². The fraction of sp³-hybridized carbons (Fsp3) is 0.462. The van der Waals surface area contributed by atoms with Gasteiger partial charge in [0.05, 0.1) is 5.02 Å². The summed E-state index contributed by atoms with van der Waals surface area (Å²) in [6.07, 6.45) is 0.798. The number of carbonyl (C=O) groups is 1. The maximum absolute atomic E-state index is 11.6. The van der Waals surface area contributed by atoms with Crippen molar-refractivity contribution >= 4 is 17.5 Å². The Morgan fingerprint density at radius 3 is 2.67 bits per heavy atom. The van der Waals surface area contributed by atoms with Crippen LogP contribution >= 0.6 is 11.6 Å². The first-order chi connectivity index (χ1) is 8.49. The summed E-state index contributed by atoms with van der Waals surface area (Å²) in [5.74, 6) is 5.35. The molecule has 0 aliphatic heterocycles. The topological polar surface area (TPSA) is 64.3 Å². The predicted molar refractivity (Wildman–Crippen MR) is 72.6 cm³/mol. The SMILES string of the molecule is CCCC(Oc1c(C)cc(C)cc1Cl)C(=O)NN. The molecule has 1 amide bonds. The number of hydrazine groups is 1. The van der Waals surface area contributed by atoms with Gasteiger partial charge in [-0.3, -0.25) is 10.2 Å². The van der Waals surface area contributed by atoms with Crippen LogP contribution in [0.4, 0.5) is 0 Å². The van der Waals surface area contributed by atoms with Crippen molar-refractivity contribution in [3.8, 4) is 5.75 Å². The van der Waals surface area contributed by atoms with Gasteiger partial charge in [-0.2, -0.15) is 0 Å². The van der Waals surface area contributed by atoms with Gasteiger partial charge in [-0.25, -0.2) is 5.84 Å². The first-order valence-electron chi connectivity index (χ1n) is 5.93. The van der Waals surface area contributed by atoms with E-state index in [0.29, 0.717) is 17.2 Å². The van der Waals surface area contributed by atoms with Crippen molar-refractivity contribution in [1.82, 2.24) is 5.43 Å². The Labute approximate surface area is 112 Å². The number of nitrogens with two attached hydrogens (primary N) is 1. The fourth-order valence-corrected chi connectivity index (χ4v) is 2.16. The lowest BCUT2D eigenvalue weighted by Crippen LogP contribution is -2.42. The van der Waals surface area contributed by atoms with Gasteiger partial charge >= 0.3 is 0 Å². The van der Waals surface area contributed by atoms with E-state index >= 15 is 0 Å². The molecule has 5 heteroatoms. The van der Waals surface area contributed by atoms with Gasteiger partial charge in [-0.15, -0.1) is 0 Å². The highest BCUT2D eigenvalue weighted by atomic mass is 35.5. The highest BCUT2D eigenvalue weighted by Gasteiger charge is 2.20. The molecule has 0 saturated heterocycles. The summed E-state index contributed by atoms with van der Waals surface area (Å²) in [7, 11) is 0. The normalized spacial score (nSPS) is 12.1. The number of amides is 1. The van der Waals surface area contributed by atoms with Crippen LogP contribution in [0.3, 0.4) is 0 Å². The molecule has 0 fully saturated rings. The maximum atomic E-state index is 11.6. The lowest BCUT2D eigenvalue weighted by Gasteiger charge is -2.19. The van der Waals surface area contributed by atoms with E-state index in [2.05, 4.69) is 5.43 Å². The number of halogens is 1. The van der Waals surface area contributed by atoms with E-state index in [0.717, 1.165) is 17.5 Å². The molecule has 0 aliphatic carbocycles. The maximum Gasteiger partial charge on any atom is 0.274 e. The zero-order chi connectivity index (χ0) is 13.7. The number of carbonyl (C=O) groups excluding carboxylic acids is 1. The van der Waals surface area contributed by atoms with Gasteiger partial charge in [0.1, 0.15) is 5.75 Å². The van der Waals surface area contributed by atoms with Crippen LogP contribution in [0.25, 0.3) is 0 Å². The molecule has 0 aromatic heterocycles. The highest BCUT2D eigenvalue weighted by Crippen LogP contribution is 2.31. The quantitative estimate of drug-likeness (QED) is 0.491. The molecule has 4 nitrogen and oxygen atoms in total. The molecule has 0 radical (unpaired) electrons. The van der Waals surface area contributed by atoms with Crippen molar-refractivity contribution in [2.45, 2.75) is 39.7 Å². The summed E-state index contributed by atoms with van der Waals surface area (Å²) >= 11 is 6.14. The number of benzene rings is 1. The molecular formula is C13H19ClN2O2. The molecular weight excluding hydrogens is 252 g/mol. The summed E-state index contributed by atoms with van der Waals surface area (Å²) in [5.41, 5.74) is 4.08. The van der Waals surface area contributed by atoms with E-state index in [1.807, 2.05) is 32.9 Å². The van der Waals surface area contributed by atoms with Crippen molar-refractivity contribution in [2.24, 2.45) is 5.84 Å². The Kier molecular flexibility index (Phi) is 5.44. The van der Waals surface area contributed by atoms with Gasteiger partial charge in [-0.1, -0.05) is 31.0 Å². The van der Waals surface area contributed by atoms with Gasteiger partial charge in [-0.05, 0) is 37.5 Å². The Balaban J connectivity index is 2.97. The largest absolute Gasteiger partial charge is 0.479 e. The minimum absolute atomic E-state index is 0.340. The average Bonchev–Trinajstić information content (AvgIpc) is 2.31. The number of ether oxygens (including phenoxy) is 1. The van der Waals surface area contributed by atoms with Gasteiger partial charge < -0.3 is 4.74 Å². The Bertz CT molecular complexity index is 412. The van der Waals surface area contributed by atoms with Crippen molar-refractivity contribution in [3.63, 3.8) is 0 Å². The van der Waals surface area contributed by atoms with E-state index in [9.17, 15) is 4.79 Å². The molecule has 3 N–H and O–H groups in total. The minimum Gasteiger partial charge on any atom is -0.479 e. The summed E-state index contributed by atoms with van der Waals surface area (Å²) in [6.45, 7) is 5.83. The third kappa shape index (κ3) is 3.62. The van der Waals surface area contributed by atoms with Crippen LogP contribution in [0.15, 0.2) is 12.1 Å².